The lowest BCUT2D eigenvalue weighted by Crippen LogP contribution is -2.48. The van der Waals surface area contributed by atoms with E-state index in [-0.39, 0.29) is 17.5 Å². The molecular weight excluding hydrogens is 294 g/mol. The summed E-state index contributed by atoms with van der Waals surface area (Å²) in [6, 6.07) is 5.21. The average Bonchev–Trinajstić information content (AvgIpc) is 2.45. The standard InChI is InChI=1S/C17H27N3O3/c1-12(17(2,3)11-20(4)5)18-16(21)19-13-6-7-14-15(10-13)23-9-8-22-14/h6-7,10,12H,8-9,11H2,1-5H3,(H2,18,19,21). The number of urea groups is 1. The molecule has 1 aliphatic heterocycles. The lowest BCUT2D eigenvalue weighted by atomic mass is 9.85. The van der Waals surface area contributed by atoms with E-state index in [1.165, 1.54) is 0 Å². The predicted octanol–water partition coefficient (Wildman–Crippen LogP) is 2.56. The number of hydrogen-bond donors (Lipinski definition) is 2. The Morgan fingerprint density at radius 1 is 1.26 bits per heavy atom. The van der Waals surface area contributed by atoms with E-state index in [1.54, 1.807) is 6.07 Å². The van der Waals surface area contributed by atoms with Gasteiger partial charge >= 0.3 is 6.03 Å². The number of rotatable bonds is 5. The van der Waals surface area contributed by atoms with Crippen molar-refractivity contribution in [2.45, 2.75) is 26.8 Å². The normalized spacial score (nSPS) is 15.2. The lowest BCUT2D eigenvalue weighted by Gasteiger charge is -2.34. The summed E-state index contributed by atoms with van der Waals surface area (Å²) in [4.78, 5) is 14.3. The van der Waals surface area contributed by atoms with Gasteiger partial charge in [-0.2, -0.15) is 0 Å². The summed E-state index contributed by atoms with van der Waals surface area (Å²) in [5, 5.41) is 5.85. The topological polar surface area (TPSA) is 62.8 Å². The Morgan fingerprint density at radius 2 is 1.91 bits per heavy atom. The maximum atomic E-state index is 12.2. The molecule has 0 saturated heterocycles. The van der Waals surface area contributed by atoms with Crippen LogP contribution >= 0.6 is 0 Å². The zero-order valence-corrected chi connectivity index (χ0v) is 14.6. The summed E-state index contributed by atoms with van der Waals surface area (Å²) >= 11 is 0. The first-order valence-corrected chi connectivity index (χ1v) is 7.90. The van der Waals surface area contributed by atoms with E-state index in [1.807, 2.05) is 33.2 Å². The molecule has 0 saturated carbocycles. The maximum Gasteiger partial charge on any atom is 0.319 e. The van der Waals surface area contributed by atoms with Crippen molar-refractivity contribution >= 4 is 11.7 Å². The monoisotopic (exact) mass is 321 g/mol. The van der Waals surface area contributed by atoms with Crippen LogP contribution in [0.1, 0.15) is 20.8 Å². The highest BCUT2D eigenvalue weighted by atomic mass is 16.6. The Hall–Kier alpha value is -1.95. The molecule has 1 heterocycles. The number of carbonyl (C=O) groups excluding carboxylic acids is 1. The maximum absolute atomic E-state index is 12.2. The van der Waals surface area contributed by atoms with Gasteiger partial charge in [-0.25, -0.2) is 4.79 Å². The lowest BCUT2D eigenvalue weighted by molar-refractivity contribution is 0.171. The van der Waals surface area contributed by atoms with Crippen LogP contribution < -0.4 is 20.1 Å². The molecule has 0 aromatic heterocycles. The van der Waals surface area contributed by atoms with Gasteiger partial charge in [-0.05, 0) is 38.6 Å². The quantitative estimate of drug-likeness (QED) is 0.875. The molecule has 1 aromatic carbocycles. The minimum atomic E-state index is -0.221. The molecular formula is C17H27N3O3. The molecule has 6 nitrogen and oxygen atoms in total. The molecule has 128 valence electrons. The van der Waals surface area contributed by atoms with Crippen LogP contribution in [-0.2, 0) is 0 Å². The number of nitrogens with one attached hydrogen (secondary N) is 2. The molecule has 0 aliphatic carbocycles. The van der Waals surface area contributed by atoms with Crippen LogP contribution in [0.3, 0.4) is 0 Å². The highest BCUT2D eigenvalue weighted by molar-refractivity contribution is 5.89. The number of ether oxygens (including phenoxy) is 2. The van der Waals surface area contributed by atoms with E-state index >= 15 is 0 Å². The minimum absolute atomic E-state index is 0.0297. The molecule has 2 rings (SSSR count). The number of nitrogens with zero attached hydrogens (tertiary/aromatic N) is 1. The summed E-state index contributed by atoms with van der Waals surface area (Å²) in [7, 11) is 4.06. The third-order valence-electron chi connectivity index (χ3n) is 4.04. The molecule has 0 spiro atoms. The van der Waals surface area contributed by atoms with Crippen molar-refractivity contribution in [2.24, 2.45) is 5.41 Å². The predicted molar refractivity (Wildman–Crippen MR) is 91.4 cm³/mol. The van der Waals surface area contributed by atoms with Gasteiger partial charge in [0.05, 0.1) is 0 Å². The van der Waals surface area contributed by atoms with Crippen molar-refractivity contribution < 1.29 is 14.3 Å². The SMILES string of the molecule is CC(NC(=O)Nc1ccc2c(c1)OCCO2)C(C)(C)CN(C)C. The van der Waals surface area contributed by atoms with Crippen LogP contribution in [0.25, 0.3) is 0 Å². The first-order chi connectivity index (χ1) is 10.8. The van der Waals surface area contributed by atoms with Gasteiger partial charge in [0.1, 0.15) is 13.2 Å². The van der Waals surface area contributed by atoms with Gasteiger partial charge in [-0.15, -0.1) is 0 Å². The van der Waals surface area contributed by atoms with Crippen molar-refractivity contribution in [3.05, 3.63) is 18.2 Å². The number of fused-ring (bicyclic) bond motifs is 1. The second kappa shape index (κ2) is 7.08. The first-order valence-electron chi connectivity index (χ1n) is 7.90. The van der Waals surface area contributed by atoms with Gasteiger partial charge in [-0.3, -0.25) is 0 Å². The minimum Gasteiger partial charge on any atom is -0.486 e. The van der Waals surface area contributed by atoms with Gasteiger partial charge in [0.15, 0.2) is 11.5 Å². The Kier molecular flexibility index (Phi) is 5.36. The Morgan fingerprint density at radius 3 is 2.57 bits per heavy atom. The van der Waals surface area contributed by atoms with E-state index in [9.17, 15) is 4.79 Å². The smallest absolute Gasteiger partial charge is 0.319 e. The average molecular weight is 321 g/mol. The van der Waals surface area contributed by atoms with E-state index in [0.29, 0.717) is 30.4 Å². The molecule has 1 unspecified atom stereocenters. The Labute approximate surface area is 138 Å². The Bertz CT molecular complexity index is 558. The second-order valence-corrected chi connectivity index (χ2v) is 6.90. The third kappa shape index (κ3) is 4.76. The van der Waals surface area contributed by atoms with Crippen LogP contribution in [0, 0.1) is 5.41 Å². The van der Waals surface area contributed by atoms with Gasteiger partial charge in [-0.1, -0.05) is 13.8 Å². The fourth-order valence-electron chi connectivity index (χ4n) is 2.63. The number of benzene rings is 1. The molecule has 0 bridgehead atoms. The second-order valence-electron chi connectivity index (χ2n) is 6.90. The van der Waals surface area contributed by atoms with Crippen LogP contribution in [-0.4, -0.2) is 50.8 Å². The van der Waals surface area contributed by atoms with Gasteiger partial charge < -0.3 is 25.0 Å². The van der Waals surface area contributed by atoms with Crippen LogP contribution in [0.5, 0.6) is 11.5 Å². The highest BCUT2D eigenvalue weighted by Gasteiger charge is 2.27. The van der Waals surface area contributed by atoms with Crippen molar-refractivity contribution in [2.75, 3.05) is 39.2 Å². The zero-order chi connectivity index (χ0) is 17.0. The van der Waals surface area contributed by atoms with Crippen LogP contribution in [0.4, 0.5) is 10.5 Å². The first kappa shape index (κ1) is 17.4. The zero-order valence-electron chi connectivity index (χ0n) is 14.6. The van der Waals surface area contributed by atoms with E-state index in [2.05, 4.69) is 29.4 Å². The summed E-state index contributed by atoms with van der Waals surface area (Å²) in [5.41, 5.74) is 0.651. The molecule has 0 fully saturated rings. The summed E-state index contributed by atoms with van der Waals surface area (Å²) in [5.74, 6) is 1.37. The van der Waals surface area contributed by atoms with Gasteiger partial charge in [0, 0.05) is 24.3 Å². The molecule has 23 heavy (non-hydrogen) atoms. The Balaban J connectivity index is 1.94. The number of anilines is 1. The molecule has 2 N–H and O–H groups in total. The molecule has 0 radical (unpaired) electrons. The van der Waals surface area contributed by atoms with Gasteiger partial charge in [0.2, 0.25) is 0 Å². The van der Waals surface area contributed by atoms with E-state index in [0.717, 1.165) is 6.54 Å². The fraction of sp³-hybridized carbons (Fsp3) is 0.588. The third-order valence-corrected chi connectivity index (χ3v) is 4.04. The number of amides is 2. The molecule has 1 atom stereocenters. The highest BCUT2D eigenvalue weighted by Crippen LogP contribution is 2.32. The van der Waals surface area contributed by atoms with E-state index < -0.39 is 0 Å². The van der Waals surface area contributed by atoms with Crippen LogP contribution in [0.2, 0.25) is 0 Å². The number of carbonyl (C=O) groups is 1. The molecule has 2 amide bonds. The van der Waals surface area contributed by atoms with Gasteiger partial charge in [0.25, 0.3) is 0 Å². The van der Waals surface area contributed by atoms with Crippen LogP contribution in [0.15, 0.2) is 18.2 Å². The van der Waals surface area contributed by atoms with Crippen molar-refractivity contribution in [3.8, 4) is 11.5 Å². The van der Waals surface area contributed by atoms with E-state index in [4.69, 9.17) is 9.47 Å². The van der Waals surface area contributed by atoms with Crippen molar-refractivity contribution in [3.63, 3.8) is 0 Å². The largest absolute Gasteiger partial charge is 0.486 e. The summed E-state index contributed by atoms with van der Waals surface area (Å²) in [6.07, 6.45) is 0. The van der Waals surface area contributed by atoms with Crippen molar-refractivity contribution in [1.29, 1.82) is 0 Å². The van der Waals surface area contributed by atoms with Crippen molar-refractivity contribution in [1.82, 2.24) is 10.2 Å². The fourth-order valence-corrected chi connectivity index (χ4v) is 2.63. The molecule has 6 heteroatoms. The molecule has 1 aliphatic rings. The summed E-state index contributed by atoms with van der Waals surface area (Å²) < 4.78 is 11.0. The summed E-state index contributed by atoms with van der Waals surface area (Å²) in [6.45, 7) is 8.27. The number of hydrogen-bond acceptors (Lipinski definition) is 4. The molecule has 1 aromatic rings.